The molecule has 188 valence electrons. The maximum absolute atomic E-state index is 13.0. The van der Waals surface area contributed by atoms with E-state index in [1.165, 1.54) is 24.4 Å². The molecule has 36 heavy (non-hydrogen) atoms. The van der Waals surface area contributed by atoms with Crippen molar-refractivity contribution in [3.8, 4) is 0 Å². The lowest BCUT2D eigenvalue weighted by molar-refractivity contribution is -0.131. The summed E-state index contributed by atoms with van der Waals surface area (Å²) in [4.78, 5) is 22.2. The molecule has 0 bridgehead atoms. The van der Waals surface area contributed by atoms with Gasteiger partial charge < -0.3 is 9.47 Å². The van der Waals surface area contributed by atoms with Crippen LogP contribution < -0.4 is 0 Å². The number of amides is 1. The van der Waals surface area contributed by atoms with E-state index in [0.29, 0.717) is 19.0 Å². The average molecular weight is 507 g/mol. The number of azide groups is 1. The van der Waals surface area contributed by atoms with Gasteiger partial charge in [-0.1, -0.05) is 29.4 Å². The van der Waals surface area contributed by atoms with E-state index in [4.69, 9.17) is 5.53 Å². The summed E-state index contributed by atoms with van der Waals surface area (Å²) in [5.74, 6) is 1.28. The number of hydrogen-bond donors (Lipinski definition) is 0. The second kappa shape index (κ2) is 10.3. The molecule has 3 heterocycles. The van der Waals surface area contributed by atoms with Gasteiger partial charge >= 0.3 is 0 Å². The number of likely N-dealkylation sites (tertiary alicyclic amines) is 1. The second-order valence-corrected chi connectivity index (χ2v) is 11.8. The molecule has 0 atom stereocenters. The molecule has 2 aromatic carbocycles. The number of imidazole rings is 1. The maximum Gasteiger partial charge on any atom is 0.223 e. The first-order chi connectivity index (χ1) is 17.4. The summed E-state index contributed by atoms with van der Waals surface area (Å²) in [6, 6.07) is 10.5. The Morgan fingerprint density at radius 1 is 1.08 bits per heavy atom. The van der Waals surface area contributed by atoms with Gasteiger partial charge in [0, 0.05) is 55.2 Å². The van der Waals surface area contributed by atoms with Gasteiger partial charge in [0.2, 0.25) is 5.91 Å². The molecule has 5 rings (SSSR count). The highest BCUT2D eigenvalue weighted by atomic mass is 32.2. The van der Waals surface area contributed by atoms with Crippen molar-refractivity contribution < 1.29 is 13.2 Å². The average Bonchev–Trinajstić information content (AvgIpc) is 3.34. The van der Waals surface area contributed by atoms with Gasteiger partial charge in [0.05, 0.1) is 17.2 Å². The van der Waals surface area contributed by atoms with Gasteiger partial charge in [0.1, 0.15) is 5.82 Å². The SMILES string of the molecule is [N-]=[N+]=NCc1ccc2cc(S(=O)(=O)CCC(=O)N3CCC(c4cnc5n4CCCC5)CC3)ccc2c1. The number of sulfone groups is 1. The van der Waals surface area contributed by atoms with Crippen LogP contribution in [0.3, 0.4) is 0 Å². The van der Waals surface area contributed by atoms with Gasteiger partial charge in [-0.25, -0.2) is 13.4 Å². The smallest absolute Gasteiger partial charge is 0.223 e. The third-order valence-electron chi connectivity index (χ3n) is 7.40. The van der Waals surface area contributed by atoms with E-state index in [9.17, 15) is 13.2 Å². The number of aromatic nitrogens is 2. The van der Waals surface area contributed by atoms with Crippen LogP contribution >= 0.6 is 0 Å². The monoisotopic (exact) mass is 506 g/mol. The third kappa shape index (κ3) is 5.10. The highest BCUT2D eigenvalue weighted by molar-refractivity contribution is 7.91. The fraction of sp³-hybridized carbons (Fsp3) is 0.462. The van der Waals surface area contributed by atoms with Gasteiger partial charge in [0.25, 0.3) is 0 Å². The summed E-state index contributed by atoms with van der Waals surface area (Å²) in [6.45, 7) is 2.58. The molecule has 2 aliphatic heterocycles. The fourth-order valence-corrected chi connectivity index (χ4v) is 6.63. The largest absolute Gasteiger partial charge is 0.343 e. The molecular weight excluding hydrogens is 476 g/mol. The Kier molecular flexibility index (Phi) is 6.98. The van der Waals surface area contributed by atoms with Crippen LogP contribution in [0, 0.1) is 0 Å². The van der Waals surface area contributed by atoms with Crippen LogP contribution in [-0.2, 0) is 34.1 Å². The number of benzene rings is 2. The molecule has 1 aromatic heterocycles. The first-order valence-corrected chi connectivity index (χ1v) is 14.2. The van der Waals surface area contributed by atoms with Crippen LogP contribution in [0.4, 0.5) is 0 Å². The summed E-state index contributed by atoms with van der Waals surface area (Å²) in [5, 5.41) is 5.23. The van der Waals surface area contributed by atoms with Crippen LogP contribution in [0.5, 0.6) is 0 Å². The minimum absolute atomic E-state index is 0.0157. The van der Waals surface area contributed by atoms with Crippen LogP contribution in [0.1, 0.15) is 55.1 Å². The molecule has 0 aliphatic carbocycles. The van der Waals surface area contributed by atoms with Crippen LogP contribution in [0.2, 0.25) is 0 Å². The molecule has 0 radical (unpaired) electrons. The van der Waals surface area contributed by atoms with Gasteiger partial charge in [-0.2, -0.15) is 0 Å². The topological polar surface area (TPSA) is 121 Å². The quantitative estimate of drug-likeness (QED) is 0.261. The molecule has 9 nitrogen and oxygen atoms in total. The van der Waals surface area contributed by atoms with Crippen LogP contribution in [0.15, 0.2) is 52.6 Å². The van der Waals surface area contributed by atoms with Gasteiger partial charge in [-0.3, -0.25) is 4.79 Å². The van der Waals surface area contributed by atoms with E-state index in [1.54, 1.807) is 18.2 Å². The highest BCUT2D eigenvalue weighted by Gasteiger charge is 2.28. The third-order valence-corrected chi connectivity index (χ3v) is 9.12. The maximum atomic E-state index is 13.0. The van der Waals surface area contributed by atoms with E-state index in [-0.39, 0.29) is 29.5 Å². The number of carbonyl (C=O) groups is 1. The fourth-order valence-electron chi connectivity index (χ4n) is 5.37. The minimum Gasteiger partial charge on any atom is -0.343 e. The molecule has 1 fully saturated rings. The normalized spacial score (nSPS) is 16.5. The number of rotatable bonds is 7. The van der Waals surface area contributed by atoms with Crippen molar-refractivity contribution in [3.63, 3.8) is 0 Å². The lowest BCUT2D eigenvalue weighted by atomic mass is 9.93. The van der Waals surface area contributed by atoms with Gasteiger partial charge in [0.15, 0.2) is 9.84 Å². The molecule has 3 aromatic rings. The standard InChI is InChI=1S/C26H30N6O3S/c27-30-29-17-19-4-5-22-16-23(7-6-21(22)15-19)36(34,35)14-10-26(33)31-12-8-20(9-13-31)24-18-28-25-3-1-2-11-32(24)25/h4-7,15-16,18,20H,1-3,8-14,17H2. The first kappa shape index (κ1) is 24.3. The zero-order valence-electron chi connectivity index (χ0n) is 20.2. The number of carbonyl (C=O) groups excluding carboxylic acids is 1. The number of hydrogen-bond acceptors (Lipinski definition) is 5. The molecule has 0 spiro atoms. The lowest BCUT2D eigenvalue weighted by Gasteiger charge is -2.33. The summed E-state index contributed by atoms with van der Waals surface area (Å²) < 4.78 is 28.3. The zero-order valence-corrected chi connectivity index (χ0v) is 21.0. The second-order valence-electron chi connectivity index (χ2n) is 9.66. The van der Waals surface area contributed by atoms with Gasteiger partial charge in [-0.05, 0) is 59.7 Å². The molecular formula is C26H30N6O3S. The Morgan fingerprint density at radius 3 is 2.67 bits per heavy atom. The summed E-state index contributed by atoms with van der Waals surface area (Å²) >= 11 is 0. The molecule has 0 unspecified atom stereocenters. The molecule has 0 saturated carbocycles. The predicted octanol–water partition coefficient (Wildman–Crippen LogP) is 4.75. The summed E-state index contributed by atoms with van der Waals surface area (Å²) in [5.41, 5.74) is 10.6. The zero-order chi connectivity index (χ0) is 25.1. The highest BCUT2D eigenvalue weighted by Crippen LogP contribution is 2.31. The van der Waals surface area contributed by atoms with Crippen molar-refractivity contribution in [1.82, 2.24) is 14.5 Å². The Labute approximate surface area is 210 Å². The minimum atomic E-state index is -3.59. The predicted molar refractivity (Wildman–Crippen MR) is 137 cm³/mol. The van der Waals surface area contributed by atoms with Crippen molar-refractivity contribution in [2.75, 3.05) is 18.8 Å². The van der Waals surface area contributed by atoms with E-state index < -0.39 is 9.84 Å². The van der Waals surface area contributed by atoms with E-state index >= 15 is 0 Å². The summed E-state index contributed by atoms with van der Waals surface area (Å²) in [6.07, 6.45) is 7.20. The lowest BCUT2D eigenvalue weighted by Crippen LogP contribution is -2.39. The van der Waals surface area contributed by atoms with Crippen molar-refractivity contribution in [2.45, 2.75) is 62.4 Å². The van der Waals surface area contributed by atoms with Gasteiger partial charge in [-0.15, -0.1) is 0 Å². The Balaban J connectivity index is 1.18. The molecule has 1 saturated heterocycles. The van der Waals surface area contributed by atoms with E-state index in [0.717, 1.165) is 42.1 Å². The number of fused-ring (bicyclic) bond motifs is 2. The molecule has 2 aliphatic rings. The Bertz CT molecular complexity index is 1430. The van der Waals surface area contributed by atoms with Crippen molar-refractivity contribution in [1.29, 1.82) is 0 Å². The molecule has 10 heteroatoms. The van der Waals surface area contributed by atoms with Crippen molar-refractivity contribution >= 4 is 26.5 Å². The molecule has 1 amide bonds. The van der Waals surface area contributed by atoms with Crippen molar-refractivity contribution in [2.24, 2.45) is 5.11 Å². The van der Waals surface area contributed by atoms with E-state index in [1.807, 2.05) is 29.3 Å². The summed E-state index contributed by atoms with van der Waals surface area (Å²) in [7, 11) is -3.59. The number of aryl methyl sites for hydroxylation is 1. The van der Waals surface area contributed by atoms with Crippen LogP contribution in [-0.4, -0.2) is 47.6 Å². The van der Waals surface area contributed by atoms with E-state index in [2.05, 4.69) is 19.6 Å². The first-order valence-electron chi connectivity index (χ1n) is 12.5. The Hall–Kier alpha value is -3.36. The number of nitrogens with zero attached hydrogens (tertiary/aromatic N) is 6. The molecule has 0 N–H and O–H groups in total. The van der Waals surface area contributed by atoms with Crippen molar-refractivity contribution in [3.05, 3.63) is 70.1 Å². The number of piperidine rings is 1. The van der Waals surface area contributed by atoms with Crippen LogP contribution in [0.25, 0.3) is 21.2 Å². The Morgan fingerprint density at radius 2 is 1.86 bits per heavy atom.